The van der Waals surface area contributed by atoms with E-state index >= 15 is 0 Å². The number of carbonyl (C=O) groups is 1. The minimum Gasteiger partial charge on any atom is -0.496 e. The van der Waals surface area contributed by atoms with E-state index < -0.39 is 5.97 Å². The molecule has 0 radical (unpaired) electrons. The fourth-order valence-electron chi connectivity index (χ4n) is 1.74. The first-order valence-corrected chi connectivity index (χ1v) is 5.92. The minimum atomic E-state index is -1.04. The number of hydrogen-bond acceptors (Lipinski definition) is 3. The zero-order valence-corrected chi connectivity index (χ0v) is 11.4. The maximum Gasteiger partial charge on any atom is 0.356 e. The average molecular weight is 311 g/mol. The zero-order chi connectivity index (χ0) is 13.3. The molecule has 0 spiro atoms. The van der Waals surface area contributed by atoms with E-state index in [9.17, 15) is 4.79 Å². The van der Waals surface area contributed by atoms with Gasteiger partial charge < -0.3 is 14.4 Å². The maximum absolute atomic E-state index is 11.1. The molecule has 94 valence electrons. The molecule has 1 N–H and O–H groups in total. The second kappa shape index (κ2) is 4.81. The number of halogens is 1. The van der Waals surface area contributed by atoms with Gasteiger partial charge in [-0.3, -0.25) is 0 Å². The molecule has 0 aliphatic rings. The number of carboxylic acid groups (broad SMARTS) is 1. The third-order valence-electron chi connectivity index (χ3n) is 2.56. The molecule has 0 unspecified atom stereocenters. The summed E-state index contributed by atoms with van der Waals surface area (Å²) in [7, 11) is 3.33. The first-order chi connectivity index (χ1) is 8.54. The lowest BCUT2D eigenvalue weighted by atomic mass is 10.1. The van der Waals surface area contributed by atoms with Crippen molar-refractivity contribution in [1.29, 1.82) is 0 Å². The van der Waals surface area contributed by atoms with Crippen molar-refractivity contribution in [3.63, 3.8) is 0 Å². The van der Waals surface area contributed by atoms with Crippen LogP contribution in [0.2, 0.25) is 0 Å². The summed E-state index contributed by atoms with van der Waals surface area (Å²) < 4.78 is 7.58. The molecule has 2 rings (SSSR count). The molecule has 0 saturated carbocycles. The molecule has 1 aromatic carbocycles. The fraction of sp³-hybridized carbons (Fsp3) is 0.167. The van der Waals surface area contributed by atoms with Crippen LogP contribution in [0.15, 0.2) is 29.0 Å². The van der Waals surface area contributed by atoms with E-state index in [0.29, 0.717) is 11.4 Å². The first-order valence-electron chi connectivity index (χ1n) is 5.13. The third-order valence-corrected chi connectivity index (χ3v) is 3.18. The van der Waals surface area contributed by atoms with Crippen LogP contribution in [0.1, 0.15) is 10.5 Å². The highest BCUT2D eigenvalue weighted by molar-refractivity contribution is 9.10. The van der Waals surface area contributed by atoms with Crippen molar-refractivity contribution in [3.8, 4) is 17.0 Å². The number of nitrogens with zero attached hydrogens (tertiary/aromatic N) is 2. The smallest absolute Gasteiger partial charge is 0.356 e. The van der Waals surface area contributed by atoms with Crippen LogP contribution in [0.4, 0.5) is 0 Å². The molecular formula is C12H11BrN2O3. The molecule has 5 nitrogen and oxygen atoms in total. The number of hydrogen-bond donors (Lipinski definition) is 1. The molecule has 0 aliphatic heterocycles. The summed E-state index contributed by atoms with van der Waals surface area (Å²) >= 11 is 3.38. The van der Waals surface area contributed by atoms with Gasteiger partial charge in [-0.15, -0.1) is 0 Å². The first kappa shape index (κ1) is 12.6. The number of carboxylic acids is 1. The molecule has 1 heterocycles. The van der Waals surface area contributed by atoms with Crippen molar-refractivity contribution < 1.29 is 14.6 Å². The lowest BCUT2D eigenvalue weighted by Gasteiger charge is -2.08. The maximum atomic E-state index is 11.1. The highest BCUT2D eigenvalue weighted by atomic mass is 79.9. The molecule has 6 heteroatoms. The van der Waals surface area contributed by atoms with Crippen LogP contribution in [0.5, 0.6) is 5.75 Å². The Morgan fingerprint density at radius 2 is 2.22 bits per heavy atom. The predicted molar refractivity (Wildman–Crippen MR) is 69.9 cm³/mol. The minimum absolute atomic E-state index is 0.0366. The largest absolute Gasteiger partial charge is 0.496 e. The van der Waals surface area contributed by atoms with E-state index in [1.165, 1.54) is 6.33 Å². The summed E-state index contributed by atoms with van der Waals surface area (Å²) in [5.74, 6) is -0.352. The van der Waals surface area contributed by atoms with Crippen LogP contribution in [0, 0.1) is 0 Å². The lowest BCUT2D eigenvalue weighted by Crippen LogP contribution is -2.01. The van der Waals surface area contributed by atoms with Crippen molar-refractivity contribution in [1.82, 2.24) is 9.55 Å². The standard InChI is InChI=1S/C12H11BrN2O3/c1-15-6-14-10(12(16)17)11(15)7-3-4-9(18-2)8(13)5-7/h3-6H,1-2H3,(H,16,17). The average Bonchev–Trinajstić information content (AvgIpc) is 2.71. The molecule has 2 aromatic rings. The van der Waals surface area contributed by atoms with E-state index in [1.54, 1.807) is 30.9 Å². The highest BCUT2D eigenvalue weighted by Gasteiger charge is 2.18. The van der Waals surface area contributed by atoms with E-state index in [4.69, 9.17) is 9.84 Å². The molecule has 0 bridgehead atoms. The Kier molecular flexibility index (Phi) is 3.38. The van der Waals surface area contributed by atoms with Crippen LogP contribution in [-0.4, -0.2) is 27.7 Å². The van der Waals surface area contributed by atoms with Gasteiger partial charge in [-0.25, -0.2) is 9.78 Å². The summed E-state index contributed by atoms with van der Waals surface area (Å²) in [5, 5.41) is 9.10. The van der Waals surface area contributed by atoms with Crippen LogP contribution in [0.25, 0.3) is 11.3 Å². The number of aryl methyl sites for hydroxylation is 1. The molecule has 0 fully saturated rings. The Hall–Kier alpha value is -1.82. The Morgan fingerprint density at radius 1 is 1.50 bits per heavy atom. The summed E-state index contributed by atoms with van der Waals surface area (Å²) in [6, 6.07) is 5.38. The number of aromatic nitrogens is 2. The Labute approximate surface area is 112 Å². The van der Waals surface area contributed by atoms with Gasteiger partial charge in [0.15, 0.2) is 5.69 Å². The predicted octanol–water partition coefficient (Wildman–Crippen LogP) is 2.56. The quantitative estimate of drug-likeness (QED) is 0.946. The Morgan fingerprint density at radius 3 is 2.78 bits per heavy atom. The highest BCUT2D eigenvalue weighted by Crippen LogP contribution is 2.31. The van der Waals surface area contributed by atoms with Crippen LogP contribution >= 0.6 is 15.9 Å². The van der Waals surface area contributed by atoms with E-state index in [1.807, 2.05) is 6.07 Å². The van der Waals surface area contributed by atoms with Gasteiger partial charge in [0, 0.05) is 12.6 Å². The lowest BCUT2D eigenvalue weighted by molar-refractivity contribution is 0.0692. The molecule has 0 saturated heterocycles. The third kappa shape index (κ3) is 2.11. The van der Waals surface area contributed by atoms with Gasteiger partial charge in [-0.05, 0) is 34.1 Å². The van der Waals surface area contributed by atoms with Gasteiger partial charge in [-0.1, -0.05) is 0 Å². The SMILES string of the molecule is COc1ccc(-c2c(C(=O)O)ncn2C)cc1Br. The second-order valence-corrected chi connectivity index (χ2v) is 4.56. The van der Waals surface area contributed by atoms with Crippen molar-refractivity contribution >= 4 is 21.9 Å². The fourth-order valence-corrected chi connectivity index (χ4v) is 2.28. The van der Waals surface area contributed by atoms with E-state index in [0.717, 1.165) is 10.0 Å². The summed E-state index contributed by atoms with van der Waals surface area (Å²) in [6.07, 6.45) is 1.48. The van der Waals surface area contributed by atoms with Crippen LogP contribution in [-0.2, 0) is 7.05 Å². The van der Waals surface area contributed by atoms with Gasteiger partial charge >= 0.3 is 5.97 Å². The van der Waals surface area contributed by atoms with Gasteiger partial charge in [0.05, 0.1) is 23.6 Å². The molecule has 0 amide bonds. The summed E-state index contributed by atoms with van der Waals surface area (Å²) in [6.45, 7) is 0. The van der Waals surface area contributed by atoms with Crippen LogP contribution < -0.4 is 4.74 Å². The van der Waals surface area contributed by atoms with Gasteiger partial charge in [0.25, 0.3) is 0 Å². The van der Waals surface area contributed by atoms with Crippen molar-refractivity contribution in [3.05, 3.63) is 34.7 Å². The number of rotatable bonds is 3. The van der Waals surface area contributed by atoms with Gasteiger partial charge in [0.2, 0.25) is 0 Å². The topological polar surface area (TPSA) is 64.3 Å². The summed E-state index contributed by atoms with van der Waals surface area (Å²) in [4.78, 5) is 15.0. The molecular weight excluding hydrogens is 300 g/mol. The molecule has 0 aliphatic carbocycles. The van der Waals surface area contributed by atoms with Crippen molar-refractivity contribution in [2.75, 3.05) is 7.11 Å². The summed E-state index contributed by atoms with van der Waals surface area (Å²) in [5.41, 5.74) is 1.36. The van der Waals surface area contributed by atoms with E-state index in [2.05, 4.69) is 20.9 Å². The van der Waals surface area contributed by atoms with Crippen molar-refractivity contribution in [2.45, 2.75) is 0 Å². The monoisotopic (exact) mass is 310 g/mol. The number of aromatic carboxylic acids is 1. The Bertz CT molecular complexity index is 607. The number of imidazole rings is 1. The Balaban J connectivity index is 2.58. The number of ether oxygens (including phenoxy) is 1. The number of methoxy groups -OCH3 is 1. The normalized spacial score (nSPS) is 10.4. The molecule has 18 heavy (non-hydrogen) atoms. The molecule has 0 atom stereocenters. The zero-order valence-electron chi connectivity index (χ0n) is 9.85. The van der Waals surface area contributed by atoms with E-state index in [-0.39, 0.29) is 5.69 Å². The molecule has 1 aromatic heterocycles. The van der Waals surface area contributed by atoms with Crippen LogP contribution in [0.3, 0.4) is 0 Å². The van der Waals surface area contributed by atoms with Crippen molar-refractivity contribution in [2.24, 2.45) is 7.05 Å². The number of benzene rings is 1. The second-order valence-electron chi connectivity index (χ2n) is 3.71. The van der Waals surface area contributed by atoms with Gasteiger partial charge in [-0.2, -0.15) is 0 Å². The van der Waals surface area contributed by atoms with Gasteiger partial charge in [0.1, 0.15) is 5.75 Å².